The predicted octanol–water partition coefficient (Wildman–Crippen LogP) is 6.11. The molecule has 0 aromatic rings. The summed E-state index contributed by atoms with van der Waals surface area (Å²) in [5.74, 6) is -0.231. The molecule has 0 aliphatic heterocycles. The monoisotopic (exact) mass is 528 g/mol. The van der Waals surface area contributed by atoms with E-state index in [0.717, 1.165) is 32.2 Å². The van der Waals surface area contributed by atoms with Crippen LogP contribution in [-0.2, 0) is 19.2 Å². The van der Waals surface area contributed by atoms with Gasteiger partial charge in [-0.1, -0.05) is 78.1 Å². The number of carbonyl (C=O) groups is 4. The normalized spacial score (nSPS) is 12.9. The lowest BCUT2D eigenvalue weighted by atomic mass is 10.0. The van der Waals surface area contributed by atoms with Crippen LogP contribution in [0.1, 0.15) is 129 Å². The highest BCUT2D eigenvalue weighted by Crippen LogP contribution is 2.36. The van der Waals surface area contributed by atoms with Crippen LogP contribution in [0.4, 0.5) is 0 Å². The highest BCUT2D eigenvalue weighted by Gasteiger charge is 2.28. The van der Waals surface area contributed by atoms with Gasteiger partial charge in [-0.05, 0) is 39.9 Å². The molecule has 0 aliphatic carbocycles. The van der Waals surface area contributed by atoms with Crippen molar-refractivity contribution >= 4 is 30.9 Å². The Morgan fingerprint density at radius 2 is 1.25 bits per heavy atom. The van der Waals surface area contributed by atoms with Gasteiger partial charge in [0.15, 0.2) is 19.2 Å². The summed E-state index contributed by atoms with van der Waals surface area (Å²) in [6.45, 7) is 4.78. The third-order valence-electron chi connectivity index (χ3n) is 6.36. The molecule has 0 fully saturated rings. The zero-order valence-corrected chi connectivity index (χ0v) is 24.4. The molecule has 36 heavy (non-hydrogen) atoms. The number of hydrogen-bond acceptors (Lipinski definition) is 6. The Morgan fingerprint density at radius 1 is 0.722 bits per heavy atom. The van der Waals surface area contributed by atoms with Crippen LogP contribution >= 0.6 is 8.15 Å². The van der Waals surface area contributed by atoms with Gasteiger partial charge in [0.1, 0.15) is 5.78 Å². The fraction of sp³-hybridized carbons (Fsp3) is 0.857. The zero-order chi connectivity index (χ0) is 27.2. The molecular formula is C28H53N2O5P. The second-order valence-electron chi connectivity index (χ2n) is 10.2. The summed E-state index contributed by atoms with van der Waals surface area (Å²) in [4.78, 5) is 61.4. The Bertz CT molecular complexity index is 627. The summed E-state index contributed by atoms with van der Waals surface area (Å²) in [6.07, 6.45) is 15.5. The van der Waals surface area contributed by atoms with Crippen LogP contribution in [0.3, 0.4) is 0 Å². The van der Waals surface area contributed by atoms with Gasteiger partial charge in [-0.15, -0.1) is 0 Å². The summed E-state index contributed by atoms with van der Waals surface area (Å²) in [7, 11) is 1.50. The second-order valence-corrected chi connectivity index (χ2v) is 11.8. The lowest BCUT2D eigenvalue weighted by Gasteiger charge is -2.18. The molecule has 0 saturated carbocycles. The molecule has 7 nitrogen and oxygen atoms in total. The fourth-order valence-corrected chi connectivity index (χ4v) is 5.16. The van der Waals surface area contributed by atoms with E-state index in [1.165, 1.54) is 51.4 Å². The van der Waals surface area contributed by atoms with Crippen molar-refractivity contribution in [1.29, 1.82) is 0 Å². The van der Waals surface area contributed by atoms with Gasteiger partial charge >= 0.3 is 0 Å². The molecule has 0 aliphatic rings. The van der Waals surface area contributed by atoms with Gasteiger partial charge in [-0.2, -0.15) is 0 Å². The van der Waals surface area contributed by atoms with E-state index in [9.17, 15) is 24.1 Å². The van der Waals surface area contributed by atoms with E-state index >= 15 is 0 Å². The number of nitrogens with one attached hydrogen (secondary N) is 1. The summed E-state index contributed by atoms with van der Waals surface area (Å²) < 4.78 is 0. The van der Waals surface area contributed by atoms with E-state index in [2.05, 4.69) is 12.2 Å². The Balaban J connectivity index is 4.32. The Kier molecular flexibility index (Phi) is 22.2. The molecule has 2 atom stereocenters. The molecule has 2 unspecified atom stereocenters. The van der Waals surface area contributed by atoms with Crippen LogP contribution in [0.15, 0.2) is 0 Å². The average Bonchev–Trinajstić information content (AvgIpc) is 2.84. The van der Waals surface area contributed by atoms with Crippen molar-refractivity contribution in [2.24, 2.45) is 0 Å². The molecule has 8 heteroatoms. The zero-order valence-electron chi connectivity index (χ0n) is 23.5. The first-order valence-corrected chi connectivity index (χ1v) is 15.5. The van der Waals surface area contributed by atoms with E-state index in [1.807, 2.05) is 19.0 Å². The second kappa shape index (κ2) is 23.0. The van der Waals surface area contributed by atoms with Crippen molar-refractivity contribution < 1.29 is 24.1 Å². The van der Waals surface area contributed by atoms with Crippen LogP contribution < -0.4 is 5.32 Å². The lowest BCUT2D eigenvalue weighted by Crippen LogP contribution is -2.37. The standard InChI is InChI=1S/C28H53N2O5P/c1-5-7-8-9-10-11-12-13-14-15-16-19-25(31)22-24(29-26(32)6-2)23-28(34)36(35)27(33)20-17-18-21-30(3)4/h24,35H,5-23H2,1-4H3,(H,29,32). The largest absolute Gasteiger partial charge is 0.360 e. The number of nitrogens with zero attached hydrogens (tertiary/aromatic N) is 1. The van der Waals surface area contributed by atoms with Gasteiger partial charge in [-0.25, -0.2) is 0 Å². The average molecular weight is 529 g/mol. The molecule has 0 aromatic carbocycles. The third-order valence-corrected chi connectivity index (χ3v) is 7.71. The topological polar surface area (TPSA) is 104 Å². The number of Topliss-reactive ketones (excluding diaryl/α,β-unsaturated/α-hetero) is 1. The van der Waals surface area contributed by atoms with Gasteiger partial charge in [0.2, 0.25) is 5.91 Å². The van der Waals surface area contributed by atoms with Crippen LogP contribution in [0.2, 0.25) is 0 Å². The molecule has 0 heterocycles. The number of ketones is 1. The Hall–Kier alpha value is -1.17. The van der Waals surface area contributed by atoms with Crippen LogP contribution in [0, 0.1) is 0 Å². The Labute approximate surface area is 221 Å². The molecule has 0 saturated heterocycles. The molecule has 0 spiro atoms. The summed E-state index contributed by atoms with van der Waals surface area (Å²) >= 11 is 0. The SMILES string of the molecule is CCCCCCCCCCCCCC(=O)CC(CC(=O)P(O)C(=O)CCCCN(C)C)NC(=O)CC. The first-order valence-electron chi connectivity index (χ1n) is 14.2. The van der Waals surface area contributed by atoms with Crippen molar-refractivity contribution in [3.8, 4) is 0 Å². The number of hydrogen-bond donors (Lipinski definition) is 2. The van der Waals surface area contributed by atoms with E-state index in [1.54, 1.807) is 6.92 Å². The number of rotatable bonds is 25. The Morgan fingerprint density at radius 3 is 1.78 bits per heavy atom. The molecule has 0 bridgehead atoms. The molecular weight excluding hydrogens is 475 g/mol. The highest BCUT2D eigenvalue weighted by molar-refractivity contribution is 7.84. The minimum absolute atomic E-state index is 0.0115. The minimum atomic E-state index is -2.40. The summed E-state index contributed by atoms with van der Waals surface area (Å²) in [5.41, 5.74) is -0.992. The predicted molar refractivity (Wildman–Crippen MR) is 149 cm³/mol. The smallest absolute Gasteiger partial charge is 0.219 e. The quantitative estimate of drug-likeness (QED) is 0.110. The maximum absolute atomic E-state index is 12.5. The molecule has 0 aromatic heterocycles. The lowest BCUT2D eigenvalue weighted by molar-refractivity contribution is -0.123. The third kappa shape index (κ3) is 20.0. The maximum atomic E-state index is 12.5. The van der Waals surface area contributed by atoms with Gasteiger partial charge < -0.3 is 15.1 Å². The van der Waals surface area contributed by atoms with Crippen molar-refractivity contribution in [2.45, 2.75) is 135 Å². The van der Waals surface area contributed by atoms with E-state index in [0.29, 0.717) is 12.8 Å². The summed E-state index contributed by atoms with van der Waals surface area (Å²) in [6, 6.07) is -0.663. The van der Waals surface area contributed by atoms with Gasteiger partial charge in [0.05, 0.1) is 0 Å². The fourth-order valence-electron chi connectivity index (χ4n) is 4.11. The number of carbonyl (C=O) groups excluding carboxylic acids is 4. The van der Waals surface area contributed by atoms with Crippen molar-refractivity contribution in [3.63, 3.8) is 0 Å². The van der Waals surface area contributed by atoms with Gasteiger partial charge in [0.25, 0.3) is 0 Å². The van der Waals surface area contributed by atoms with Crippen LogP contribution in [0.5, 0.6) is 0 Å². The molecule has 0 rings (SSSR count). The van der Waals surface area contributed by atoms with Gasteiger partial charge in [0, 0.05) is 38.1 Å². The van der Waals surface area contributed by atoms with Crippen LogP contribution in [-0.4, -0.2) is 59.2 Å². The molecule has 1 amide bonds. The maximum Gasteiger partial charge on any atom is 0.219 e. The molecule has 210 valence electrons. The van der Waals surface area contributed by atoms with E-state index in [4.69, 9.17) is 0 Å². The first kappa shape index (κ1) is 34.8. The van der Waals surface area contributed by atoms with E-state index < -0.39 is 25.2 Å². The van der Waals surface area contributed by atoms with Crippen LogP contribution in [0.25, 0.3) is 0 Å². The minimum Gasteiger partial charge on any atom is -0.360 e. The van der Waals surface area contributed by atoms with E-state index in [-0.39, 0.29) is 37.4 Å². The highest BCUT2D eigenvalue weighted by atomic mass is 31.1. The summed E-state index contributed by atoms with van der Waals surface area (Å²) in [5, 5.41) is 2.73. The number of unbranched alkanes of at least 4 members (excludes halogenated alkanes) is 11. The molecule has 2 N–H and O–H groups in total. The van der Waals surface area contributed by atoms with Crippen molar-refractivity contribution in [2.75, 3.05) is 20.6 Å². The van der Waals surface area contributed by atoms with Crippen molar-refractivity contribution in [3.05, 3.63) is 0 Å². The van der Waals surface area contributed by atoms with Gasteiger partial charge in [-0.3, -0.25) is 19.2 Å². The number of amides is 1. The first-order chi connectivity index (χ1) is 17.2. The van der Waals surface area contributed by atoms with Crippen molar-refractivity contribution in [1.82, 2.24) is 10.2 Å². The molecule has 0 radical (unpaired) electrons.